The highest BCUT2D eigenvalue weighted by molar-refractivity contribution is 5.29. The molecule has 0 saturated carbocycles. The number of hydrogen-bond acceptors (Lipinski definition) is 2. The normalized spacial score (nSPS) is 11.6. The molecular weight excluding hydrogens is 238 g/mol. The molecule has 0 unspecified atom stereocenters. The van der Waals surface area contributed by atoms with Crippen molar-refractivity contribution in [1.29, 1.82) is 0 Å². The third kappa shape index (κ3) is 5.04. The van der Waals surface area contributed by atoms with Crippen LogP contribution >= 0.6 is 0 Å². The average molecular weight is 251 g/mol. The van der Waals surface area contributed by atoms with E-state index in [-0.39, 0.29) is 25.3 Å². The van der Waals surface area contributed by atoms with Gasteiger partial charge in [-0.1, -0.05) is 6.07 Å². The topological polar surface area (TPSA) is 35.2 Å². The Hall–Kier alpha value is -1.30. The summed E-state index contributed by atoms with van der Waals surface area (Å²) in [6, 6.07) is 4.15. The van der Waals surface area contributed by atoms with E-state index < -0.39 is 18.4 Å². The summed E-state index contributed by atoms with van der Waals surface area (Å²) < 4.78 is 53.7. The van der Waals surface area contributed by atoms with E-state index in [1.165, 1.54) is 12.1 Å². The molecule has 0 saturated heterocycles. The van der Waals surface area contributed by atoms with E-state index in [9.17, 15) is 17.6 Å². The van der Waals surface area contributed by atoms with Crippen molar-refractivity contribution in [1.82, 2.24) is 0 Å². The molecule has 0 fully saturated rings. The van der Waals surface area contributed by atoms with Crippen molar-refractivity contribution in [2.75, 3.05) is 6.61 Å². The van der Waals surface area contributed by atoms with Gasteiger partial charge in [-0.15, -0.1) is 0 Å². The van der Waals surface area contributed by atoms with E-state index in [4.69, 9.17) is 10.5 Å². The zero-order valence-corrected chi connectivity index (χ0v) is 9.06. The van der Waals surface area contributed by atoms with Crippen LogP contribution in [0.15, 0.2) is 18.2 Å². The third-order valence-corrected chi connectivity index (χ3v) is 2.09. The molecule has 0 aliphatic carbocycles. The molecule has 17 heavy (non-hydrogen) atoms. The molecule has 0 heterocycles. The van der Waals surface area contributed by atoms with Crippen LogP contribution in [0.3, 0.4) is 0 Å². The number of halogens is 4. The first-order chi connectivity index (χ1) is 7.92. The van der Waals surface area contributed by atoms with E-state index in [0.29, 0.717) is 5.56 Å². The summed E-state index contributed by atoms with van der Waals surface area (Å²) in [5.41, 5.74) is 5.91. The molecule has 0 spiro atoms. The average Bonchev–Trinajstić information content (AvgIpc) is 2.24. The number of ether oxygens (including phenoxy) is 1. The predicted molar refractivity (Wildman–Crippen MR) is 55.1 cm³/mol. The Morgan fingerprint density at radius 2 is 1.94 bits per heavy atom. The molecule has 0 aromatic heterocycles. The maximum Gasteiger partial charge on any atom is 0.389 e. The van der Waals surface area contributed by atoms with Crippen molar-refractivity contribution in [3.63, 3.8) is 0 Å². The Morgan fingerprint density at radius 3 is 2.47 bits per heavy atom. The highest BCUT2D eigenvalue weighted by Gasteiger charge is 2.26. The lowest BCUT2D eigenvalue weighted by atomic mass is 10.2. The molecule has 0 bridgehead atoms. The van der Waals surface area contributed by atoms with Gasteiger partial charge >= 0.3 is 6.18 Å². The Balaban J connectivity index is 2.42. The van der Waals surface area contributed by atoms with Gasteiger partial charge in [0.15, 0.2) is 11.6 Å². The molecule has 1 rings (SSSR count). The second-order valence-electron chi connectivity index (χ2n) is 3.54. The maximum absolute atomic E-state index is 13.3. The van der Waals surface area contributed by atoms with Gasteiger partial charge in [0.25, 0.3) is 0 Å². The lowest BCUT2D eigenvalue weighted by Gasteiger charge is -2.09. The second-order valence-corrected chi connectivity index (χ2v) is 3.54. The summed E-state index contributed by atoms with van der Waals surface area (Å²) in [5.74, 6) is -0.663. The van der Waals surface area contributed by atoms with Crippen LogP contribution in [0.2, 0.25) is 0 Å². The lowest BCUT2D eigenvalue weighted by molar-refractivity contribution is -0.136. The first-order valence-electron chi connectivity index (χ1n) is 5.10. The van der Waals surface area contributed by atoms with E-state index in [1.54, 1.807) is 6.07 Å². The standard InChI is InChI=1S/C11H13F4NO/c12-9-6-8(7-16)2-3-10(9)17-5-1-4-11(13,14)15/h2-3,6H,1,4-5,7,16H2. The predicted octanol–water partition coefficient (Wildman–Crippen LogP) is 3.01. The van der Waals surface area contributed by atoms with Crippen LogP contribution in [-0.4, -0.2) is 12.8 Å². The molecule has 2 N–H and O–H groups in total. The van der Waals surface area contributed by atoms with Gasteiger partial charge in [0.2, 0.25) is 0 Å². The largest absolute Gasteiger partial charge is 0.491 e. The lowest BCUT2D eigenvalue weighted by Crippen LogP contribution is -2.10. The summed E-state index contributed by atoms with van der Waals surface area (Å²) >= 11 is 0. The monoisotopic (exact) mass is 251 g/mol. The fourth-order valence-electron chi connectivity index (χ4n) is 1.24. The van der Waals surface area contributed by atoms with Crippen LogP contribution in [0.4, 0.5) is 17.6 Å². The van der Waals surface area contributed by atoms with Crippen molar-refractivity contribution >= 4 is 0 Å². The fourth-order valence-corrected chi connectivity index (χ4v) is 1.24. The van der Waals surface area contributed by atoms with Crippen molar-refractivity contribution in [2.24, 2.45) is 5.73 Å². The Bertz CT molecular complexity index is 365. The SMILES string of the molecule is NCc1ccc(OCCCC(F)(F)F)c(F)c1. The quantitative estimate of drug-likeness (QED) is 0.645. The molecule has 0 radical (unpaired) electrons. The Labute approximate surface area is 96.4 Å². The Morgan fingerprint density at radius 1 is 1.24 bits per heavy atom. The van der Waals surface area contributed by atoms with E-state index >= 15 is 0 Å². The number of hydrogen-bond donors (Lipinski definition) is 1. The van der Waals surface area contributed by atoms with E-state index in [0.717, 1.165) is 0 Å². The van der Waals surface area contributed by atoms with Crippen LogP contribution in [0.1, 0.15) is 18.4 Å². The van der Waals surface area contributed by atoms with Crippen molar-refractivity contribution in [2.45, 2.75) is 25.6 Å². The molecule has 0 atom stereocenters. The molecule has 0 aliphatic rings. The first kappa shape index (κ1) is 13.8. The smallest absolute Gasteiger partial charge is 0.389 e. The zero-order valence-electron chi connectivity index (χ0n) is 9.06. The third-order valence-electron chi connectivity index (χ3n) is 2.09. The molecule has 0 aliphatic heterocycles. The molecule has 2 nitrogen and oxygen atoms in total. The van der Waals surface area contributed by atoms with E-state index in [1.807, 2.05) is 0 Å². The van der Waals surface area contributed by atoms with Crippen molar-refractivity contribution in [3.05, 3.63) is 29.6 Å². The fraction of sp³-hybridized carbons (Fsp3) is 0.455. The minimum Gasteiger partial charge on any atom is -0.491 e. The number of nitrogens with two attached hydrogens (primary N) is 1. The van der Waals surface area contributed by atoms with Crippen LogP contribution in [0, 0.1) is 5.82 Å². The molecule has 6 heteroatoms. The maximum atomic E-state index is 13.3. The number of alkyl halides is 3. The number of benzene rings is 1. The van der Waals surface area contributed by atoms with Gasteiger partial charge in [-0.2, -0.15) is 13.2 Å². The van der Waals surface area contributed by atoms with Crippen LogP contribution in [0.5, 0.6) is 5.75 Å². The van der Waals surface area contributed by atoms with E-state index in [2.05, 4.69) is 0 Å². The second kappa shape index (κ2) is 5.86. The highest BCUT2D eigenvalue weighted by atomic mass is 19.4. The molecular formula is C11H13F4NO. The summed E-state index contributed by atoms with van der Waals surface area (Å²) in [7, 11) is 0. The molecule has 1 aromatic rings. The summed E-state index contributed by atoms with van der Waals surface area (Å²) in [6.45, 7) is 0.0314. The van der Waals surface area contributed by atoms with Gasteiger partial charge in [0, 0.05) is 13.0 Å². The van der Waals surface area contributed by atoms with Gasteiger partial charge in [0.05, 0.1) is 6.61 Å². The molecule has 96 valence electrons. The highest BCUT2D eigenvalue weighted by Crippen LogP contribution is 2.22. The van der Waals surface area contributed by atoms with Crippen LogP contribution in [0.25, 0.3) is 0 Å². The van der Waals surface area contributed by atoms with Crippen LogP contribution < -0.4 is 10.5 Å². The van der Waals surface area contributed by atoms with Crippen LogP contribution in [-0.2, 0) is 6.54 Å². The first-order valence-corrected chi connectivity index (χ1v) is 5.10. The van der Waals surface area contributed by atoms with Gasteiger partial charge in [-0.3, -0.25) is 0 Å². The molecule has 0 amide bonds. The Kier molecular flexibility index (Phi) is 4.74. The summed E-state index contributed by atoms with van der Waals surface area (Å²) in [4.78, 5) is 0. The van der Waals surface area contributed by atoms with Gasteiger partial charge in [-0.25, -0.2) is 4.39 Å². The summed E-state index contributed by atoms with van der Waals surface area (Å²) in [5, 5.41) is 0. The summed E-state index contributed by atoms with van der Waals surface area (Å²) in [6.07, 6.45) is -5.33. The van der Waals surface area contributed by atoms with Crippen molar-refractivity contribution in [3.8, 4) is 5.75 Å². The van der Waals surface area contributed by atoms with Gasteiger partial charge in [-0.05, 0) is 24.1 Å². The molecule has 1 aromatic carbocycles. The zero-order chi connectivity index (χ0) is 12.9. The minimum atomic E-state index is -4.20. The number of rotatable bonds is 5. The van der Waals surface area contributed by atoms with Gasteiger partial charge in [0.1, 0.15) is 0 Å². The van der Waals surface area contributed by atoms with Crippen molar-refractivity contribution < 1.29 is 22.3 Å². The van der Waals surface area contributed by atoms with Gasteiger partial charge < -0.3 is 10.5 Å². The minimum absolute atomic E-state index is 0.0515.